The summed E-state index contributed by atoms with van der Waals surface area (Å²) in [6.07, 6.45) is 0. The molecule has 0 saturated heterocycles. The van der Waals surface area contributed by atoms with E-state index in [9.17, 15) is 0 Å². The van der Waals surface area contributed by atoms with Crippen LogP contribution in [0.15, 0.2) is 127 Å². The van der Waals surface area contributed by atoms with Crippen molar-refractivity contribution in [3.63, 3.8) is 0 Å². The topological polar surface area (TPSA) is 0 Å². The first-order valence-electron chi connectivity index (χ1n) is 19.8. The Morgan fingerprint density at radius 1 is 0.464 bits per heavy atom. The van der Waals surface area contributed by atoms with Gasteiger partial charge in [-0.2, -0.15) is 41.6 Å². The van der Waals surface area contributed by atoms with Crippen LogP contribution in [0.4, 0.5) is 0 Å². The summed E-state index contributed by atoms with van der Waals surface area (Å²) < 4.78 is 0. The Kier molecular flexibility index (Phi) is 12.8. The fourth-order valence-electron chi connectivity index (χ4n) is 7.87. The molecule has 56 heavy (non-hydrogen) atoms. The predicted octanol–water partition coefficient (Wildman–Crippen LogP) is 13.7. The van der Waals surface area contributed by atoms with Crippen molar-refractivity contribution < 1.29 is 25.8 Å². The van der Waals surface area contributed by atoms with E-state index in [0.717, 1.165) is 9.52 Å². The third-order valence-corrected chi connectivity index (χ3v) is 13.3. The minimum atomic E-state index is 0. The van der Waals surface area contributed by atoms with Crippen molar-refractivity contribution in [1.82, 2.24) is 0 Å². The smallest absolute Gasteiger partial charge is 0.0920 e. The summed E-state index contributed by atoms with van der Waals surface area (Å²) in [6, 6.07) is 49.9. The molecule has 0 N–H and O–H groups in total. The molecule has 0 spiro atoms. The Hall–Kier alpha value is -4.37. The van der Waals surface area contributed by atoms with Gasteiger partial charge in [-0.05, 0) is 97.9 Å². The number of hydrogen-bond acceptors (Lipinski definition) is 0. The molecule has 0 atom stereocenters. The van der Waals surface area contributed by atoms with Crippen LogP contribution in [0.5, 0.6) is 0 Å². The Morgan fingerprint density at radius 3 is 1.43 bits per heavy atom. The molecule has 0 bridgehead atoms. The molecule has 1 aliphatic heterocycles. The molecule has 0 aromatic heterocycles. The van der Waals surface area contributed by atoms with E-state index in [1.165, 1.54) is 110 Å². The summed E-state index contributed by atoms with van der Waals surface area (Å²) in [5.74, 6) is 1.15. The average molecular weight is 909 g/mol. The average Bonchev–Trinajstić information content (AvgIpc) is 3.93. The van der Waals surface area contributed by atoms with E-state index in [4.69, 9.17) is 0 Å². The van der Waals surface area contributed by atoms with Gasteiger partial charge in [-0.25, -0.2) is 0 Å². The van der Waals surface area contributed by atoms with E-state index in [1.54, 1.807) is 0 Å². The number of fused-ring (bicyclic) bond motifs is 5. The van der Waals surface area contributed by atoms with Gasteiger partial charge in [0.1, 0.15) is 0 Å². The molecule has 0 fully saturated rings. The summed E-state index contributed by atoms with van der Waals surface area (Å²) in [4.78, 5) is 0. The fraction of sp³-hybridized carbons (Fsp3) is 0.222. The van der Waals surface area contributed by atoms with Crippen molar-refractivity contribution in [3.05, 3.63) is 178 Å². The van der Waals surface area contributed by atoms with Crippen LogP contribution >= 0.6 is 0 Å². The molecule has 1 aliphatic rings. The maximum Gasteiger partial charge on any atom is 0.0920 e. The molecule has 0 nitrogen and oxygen atoms in total. The number of aryl methyl sites for hydroxylation is 2. The van der Waals surface area contributed by atoms with Gasteiger partial charge < -0.3 is 0 Å². The molecular weight excluding hydrogens is 855 g/mol. The molecule has 2 heteroatoms. The molecule has 0 saturated carbocycles. The van der Waals surface area contributed by atoms with E-state index >= 15 is 0 Å². The number of benzene rings is 6. The second kappa shape index (κ2) is 17.4. The van der Waals surface area contributed by atoms with Crippen LogP contribution in [-0.2, 0) is 25.8 Å². The summed E-state index contributed by atoms with van der Waals surface area (Å²) in [7, 11) is 0.795. The van der Waals surface area contributed by atoms with Crippen molar-refractivity contribution in [3.8, 4) is 33.4 Å². The SMILES string of the molecule is Cc1ccc(-c2cccc3[cH-]c(C(C)C)cc23)c(C)c1C.Cc1ccc(-c2cccc3[cH-]c(C(C)C)cc23)c(C)c1C.[Hf].[c-]1cccc2c1[Si]c1ccccc1-2. The van der Waals surface area contributed by atoms with Crippen molar-refractivity contribution in [1.29, 1.82) is 0 Å². The summed E-state index contributed by atoms with van der Waals surface area (Å²) in [5, 5.41) is 8.30. The van der Waals surface area contributed by atoms with Gasteiger partial charge in [-0.3, -0.25) is 0 Å². The standard InChI is InChI=1S/2C21H23.C12H7Si.Hf/c2*1-13(2)18-11-17-7-6-8-20(21(17)12-18)19-10-9-14(3)15(4)16(19)5;1-3-7-11-9(5-1)10-6-2-4-8-12(10)13-11;/h2*6-13H,1-5H3;1-7H;/q3*-1;. The molecule has 1 heterocycles. The van der Waals surface area contributed by atoms with Crippen LogP contribution in [0.1, 0.15) is 84.0 Å². The van der Waals surface area contributed by atoms with Gasteiger partial charge in [0.25, 0.3) is 0 Å². The maximum absolute atomic E-state index is 3.31. The molecule has 0 aliphatic carbocycles. The van der Waals surface area contributed by atoms with E-state index in [1.807, 2.05) is 6.07 Å². The van der Waals surface area contributed by atoms with E-state index in [-0.39, 0.29) is 25.8 Å². The number of hydrogen-bond donors (Lipinski definition) is 0. The summed E-state index contributed by atoms with van der Waals surface area (Å²) >= 11 is 0. The first-order valence-corrected chi connectivity index (χ1v) is 20.8. The van der Waals surface area contributed by atoms with Crippen LogP contribution in [0, 0.1) is 47.6 Å². The van der Waals surface area contributed by atoms with E-state index < -0.39 is 0 Å². The van der Waals surface area contributed by atoms with Gasteiger partial charge in [0.05, 0.1) is 9.52 Å². The molecular formula is C54H53HfSi-3. The zero-order valence-electron chi connectivity index (χ0n) is 34.8. The van der Waals surface area contributed by atoms with Gasteiger partial charge in [0, 0.05) is 25.8 Å². The quantitative estimate of drug-likeness (QED) is 0.122. The van der Waals surface area contributed by atoms with Crippen LogP contribution in [0.3, 0.4) is 0 Å². The van der Waals surface area contributed by atoms with E-state index in [2.05, 4.69) is 197 Å². The van der Waals surface area contributed by atoms with Crippen LogP contribution in [0.2, 0.25) is 0 Å². The molecule has 280 valence electrons. The second-order valence-electron chi connectivity index (χ2n) is 16.0. The fourth-order valence-corrected chi connectivity index (χ4v) is 9.18. The number of rotatable bonds is 4. The van der Waals surface area contributed by atoms with Crippen LogP contribution in [-0.4, -0.2) is 9.52 Å². The monoisotopic (exact) mass is 909 g/mol. The third-order valence-electron chi connectivity index (χ3n) is 11.9. The van der Waals surface area contributed by atoms with Gasteiger partial charge in [-0.15, -0.1) is 74.6 Å². The molecule has 2 radical (unpaired) electrons. The Morgan fingerprint density at radius 2 is 0.929 bits per heavy atom. The molecule has 8 aromatic carbocycles. The molecule has 9 rings (SSSR count). The van der Waals surface area contributed by atoms with Gasteiger partial charge >= 0.3 is 0 Å². The minimum absolute atomic E-state index is 0. The van der Waals surface area contributed by atoms with Crippen molar-refractivity contribution in [2.75, 3.05) is 0 Å². The zero-order chi connectivity index (χ0) is 39.0. The summed E-state index contributed by atoms with van der Waals surface area (Å²) in [6.45, 7) is 22.3. The molecule has 0 amide bonds. The molecule has 8 aromatic rings. The van der Waals surface area contributed by atoms with E-state index in [0.29, 0.717) is 11.8 Å². The summed E-state index contributed by atoms with van der Waals surface area (Å²) in [5.41, 5.74) is 19.4. The largest absolute Gasteiger partial charge is 0.184 e. The second-order valence-corrected chi connectivity index (χ2v) is 17.3. The predicted molar refractivity (Wildman–Crippen MR) is 242 cm³/mol. The Labute approximate surface area is 357 Å². The van der Waals surface area contributed by atoms with Gasteiger partial charge in [0.2, 0.25) is 0 Å². The van der Waals surface area contributed by atoms with Gasteiger partial charge in [-0.1, -0.05) is 110 Å². The van der Waals surface area contributed by atoms with Gasteiger partial charge in [0.15, 0.2) is 0 Å². The minimum Gasteiger partial charge on any atom is -0.184 e. The van der Waals surface area contributed by atoms with Crippen LogP contribution in [0.25, 0.3) is 54.9 Å². The maximum atomic E-state index is 3.31. The Bertz CT molecular complexity index is 2460. The van der Waals surface area contributed by atoms with Crippen LogP contribution < -0.4 is 10.4 Å². The molecule has 0 unspecified atom stereocenters. The van der Waals surface area contributed by atoms with Crippen molar-refractivity contribution in [2.45, 2.75) is 81.1 Å². The zero-order valence-corrected chi connectivity index (χ0v) is 39.4. The third kappa shape index (κ3) is 8.20. The Balaban J connectivity index is 0.000000145. The first-order chi connectivity index (χ1) is 26.4. The first kappa shape index (κ1) is 41.3. The normalized spacial score (nSPS) is 11.5. The van der Waals surface area contributed by atoms with Crippen molar-refractivity contribution in [2.24, 2.45) is 0 Å². The van der Waals surface area contributed by atoms with Crippen molar-refractivity contribution >= 4 is 41.4 Å².